The molecule has 1 fully saturated rings. The Morgan fingerprint density at radius 1 is 1.03 bits per heavy atom. The van der Waals surface area contributed by atoms with Gasteiger partial charge in [0.2, 0.25) is 5.91 Å². The number of likely N-dealkylation sites (tertiary alicyclic amines) is 1. The highest BCUT2D eigenvalue weighted by molar-refractivity contribution is 6.08. The second-order valence-corrected chi connectivity index (χ2v) is 10.5. The molecular formula is C30H30N2O4. The van der Waals surface area contributed by atoms with Crippen LogP contribution in [0.3, 0.4) is 0 Å². The summed E-state index contributed by atoms with van der Waals surface area (Å²) in [7, 11) is 0. The lowest BCUT2D eigenvalue weighted by molar-refractivity contribution is -0.143. The summed E-state index contributed by atoms with van der Waals surface area (Å²) in [5, 5.41) is 0.710. The van der Waals surface area contributed by atoms with E-state index in [1.165, 1.54) is 10.5 Å². The number of amides is 2. The molecule has 0 radical (unpaired) electrons. The highest BCUT2D eigenvalue weighted by atomic mass is 16.5. The smallest absolute Gasteiger partial charge is 0.339 e. The van der Waals surface area contributed by atoms with E-state index in [2.05, 4.69) is 51.1 Å². The van der Waals surface area contributed by atoms with E-state index in [0.717, 1.165) is 28.8 Å². The predicted octanol–water partition coefficient (Wildman–Crippen LogP) is 5.32. The van der Waals surface area contributed by atoms with Crippen LogP contribution in [0.4, 0.5) is 0 Å². The quantitative estimate of drug-likeness (QED) is 0.470. The van der Waals surface area contributed by atoms with Crippen LogP contribution < -0.4 is 0 Å². The molecule has 6 heteroatoms. The third-order valence-corrected chi connectivity index (χ3v) is 6.96. The minimum Gasteiger partial charge on any atom is -0.452 e. The van der Waals surface area contributed by atoms with Gasteiger partial charge in [0.05, 0.1) is 16.8 Å². The summed E-state index contributed by atoms with van der Waals surface area (Å²) in [6.45, 7) is 6.52. The maximum absolute atomic E-state index is 13.3. The molecule has 3 aromatic rings. The van der Waals surface area contributed by atoms with E-state index >= 15 is 0 Å². The minimum absolute atomic E-state index is 0.0881. The molecule has 5 rings (SSSR count). The Bertz CT molecular complexity index is 1400. The largest absolute Gasteiger partial charge is 0.452 e. The first kappa shape index (κ1) is 23.9. The molecule has 1 aliphatic carbocycles. The average molecular weight is 483 g/mol. The van der Waals surface area contributed by atoms with Crippen LogP contribution in [0.5, 0.6) is 0 Å². The first-order valence-electron chi connectivity index (χ1n) is 12.5. The predicted molar refractivity (Wildman–Crippen MR) is 139 cm³/mol. The summed E-state index contributed by atoms with van der Waals surface area (Å²) >= 11 is 0. The molecule has 0 bridgehead atoms. The fourth-order valence-electron chi connectivity index (χ4n) is 4.98. The third kappa shape index (κ3) is 4.55. The summed E-state index contributed by atoms with van der Waals surface area (Å²) in [4.78, 5) is 43.7. The zero-order chi connectivity index (χ0) is 25.4. The number of benzene rings is 2. The molecule has 0 atom stereocenters. The Morgan fingerprint density at radius 3 is 2.47 bits per heavy atom. The van der Waals surface area contributed by atoms with E-state index in [1.54, 1.807) is 0 Å². The van der Waals surface area contributed by atoms with Gasteiger partial charge < -0.3 is 4.74 Å². The minimum atomic E-state index is -0.555. The molecule has 36 heavy (non-hydrogen) atoms. The van der Waals surface area contributed by atoms with Crippen molar-refractivity contribution >= 4 is 40.3 Å². The van der Waals surface area contributed by atoms with Gasteiger partial charge in [0.15, 0.2) is 6.61 Å². The number of carbonyl (C=O) groups is 3. The van der Waals surface area contributed by atoms with E-state index < -0.39 is 18.5 Å². The van der Waals surface area contributed by atoms with Gasteiger partial charge in [-0.1, -0.05) is 63.2 Å². The summed E-state index contributed by atoms with van der Waals surface area (Å²) in [5.41, 5.74) is 6.35. The normalized spacial score (nSPS) is 16.6. The van der Waals surface area contributed by atoms with Crippen molar-refractivity contribution in [2.45, 2.75) is 51.9 Å². The number of nitrogens with zero attached hydrogens (tertiary/aromatic N) is 2. The van der Waals surface area contributed by atoms with Crippen molar-refractivity contribution in [1.29, 1.82) is 0 Å². The molecule has 2 aromatic carbocycles. The van der Waals surface area contributed by atoms with Gasteiger partial charge in [-0.25, -0.2) is 9.78 Å². The molecular weight excluding hydrogens is 452 g/mol. The number of fused-ring (bicyclic) bond motifs is 2. The van der Waals surface area contributed by atoms with E-state index in [1.807, 2.05) is 24.3 Å². The molecule has 0 N–H and O–H groups in total. The zero-order valence-electron chi connectivity index (χ0n) is 21.0. The number of para-hydroxylation sites is 1. The monoisotopic (exact) mass is 482 g/mol. The first-order chi connectivity index (χ1) is 17.2. The van der Waals surface area contributed by atoms with Crippen molar-refractivity contribution in [3.8, 4) is 0 Å². The lowest BCUT2D eigenvalue weighted by Crippen LogP contribution is -2.35. The first-order valence-corrected chi connectivity index (χ1v) is 12.5. The Balaban J connectivity index is 1.46. The van der Waals surface area contributed by atoms with Crippen molar-refractivity contribution < 1.29 is 19.1 Å². The number of allylic oxidation sites excluding steroid dienone is 1. The summed E-state index contributed by atoms with van der Waals surface area (Å²) in [5.74, 6) is -1.24. The third-order valence-electron chi connectivity index (χ3n) is 6.96. The number of rotatable bonds is 4. The van der Waals surface area contributed by atoms with Gasteiger partial charge in [-0.05, 0) is 59.1 Å². The van der Waals surface area contributed by atoms with Crippen LogP contribution in [0.1, 0.15) is 72.8 Å². The van der Waals surface area contributed by atoms with E-state index in [-0.39, 0.29) is 11.3 Å². The zero-order valence-corrected chi connectivity index (χ0v) is 21.0. The molecule has 1 aromatic heterocycles. The van der Waals surface area contributed by atoms with Crippen molar-refractivity contribution in [2.24, 2.45) is 0 Å². The molecule has 0 unspecified atom stereocenters. The number of imide groups is 1. The average Bonchev–Trinajstić information content (AvgIpc) is 3.46. The lowest BCUT2D eigenvalue weighted by Gasteiger charge is -2.18. The number of esters is 1. The van der Waals surface area contributed by atoms with Gasteiger partial charge in [0.25, 0.3) is 5.91 Å². The van der Waals surface area contributed by atoms with Crippen LogP contribution in [0.2, 0.25) is 0 Å². The Kier molecular flexibility index (Phi) is 6.20. The van der Waals surface area contributed by atoms with Crippen LogP contribution in [-0.2, 0) is 26.2 Å². The van der Waals surface area contributed by atoms with Crippen LogP contribution >= 0.6 is 0 Å². The molecule has 6 nitrogen and oxygen atoms in total. The van der Waals surface area contributed by atoms with E-state index in [9.17, 15) is 14.4 Å². The van der Waals surface area contributed by atoms with Crippen molar-refractivity contribution in [2.75, 3.05) is 13.2 Å². The summed E-state index contributed by atoms with van der Waals surface area (Å²) < 4.78 is 5.45. The number of hydrogen-bond donors (Lipinski definition) is 0. The number of aromatic nitrogens is 1. The number of ether oxygens (including phenoxy) is 1. The molecule has 2 heterocycles. The second kappa shape index (κ2) is 9.34. The standard InChI is InChI=1S/C30H30N2O4/c1-30(2,3)21-13-10-19(11-14-21)17-20-12-15-23-27(22-7-4-5-8-24(22)31-28(20)23)29(35)36-18-26(34)32-16-6-9-25(32)33/h4-5,7-8,10-11,13-14,17H,6,9,12,15-16,18H2,1-3H3. The highest BCUT2D eigenvalue weighted by Gasteiger charge is 2.30. The molecule has 0 spiro atoms. The van der Waals surface area contributed by atoms with Crippen LogP contribution in [-0.4, -0.2) is 40.8 Å². The molecule has 184 valence electrons. The molecule has 0 saturated carbocycles. The molecule has 2 aliphatic rings. The molecule has 1 aliphatic heterocycles. The maximum Gasteiger partial charge on any atom is 0.339 e. The van der Waals surface area contributed by atoms with Crippen molar-refractivity contribution in [3.63, 3.8) is 0 Å². The summed E-state index contributed by atoms with van der Waals surface area (Å²) in [6, 6.07) is 16.0. The lowest BCUT2D eigenvalue weighted by atomic mass is 9.86. The van der Waals surface area contributed by atoms with Gasteiger partial charge in [0, 0.05) is 18.4 Å². The van der Waals surface area contributed by atoms with Crippen LogP contribution in [0, 0.1) is 0 Å². The van der Waals surface area contributed by atoms with E-state index in [4.69, 9.17) is 9.72 Å². The summed E-state index contributed by atoms with van der Waals surface area (Å²) in [6.07, 6.45) is 4.58. The van der Waals surface area contributed by atoms with Gasteiger partial charge in [0.1, 0.15) is 0 Å². The highest BCUT2D eigenvalue weighted by Crippen LogP contribution is 2.38. The Hall–Kier alpha value is -3.80. The van der Waals surface area contributed by atoms with Gasteiger partial charge in [-0.15, -0.1) is 0 Å². The SMILES string of the molecule is CC(C)(C)c1ccc(C=C2CCc3c2nc2ccccc2c3C(=O)OCC(=O)N2CCCC2=O)cc1. The van der Waals surface area contributed by atoms with Crippen molar-refractivity contribution in [3.05, 3.63) is 76.5 Å². The fraction of sp³-hybridized carbons (Fsp3) is 0.333. The Morgan fingerprint density at radius 2 is 1.78 bits per heavy atom. The molecule has 1 saturated heterocycles. The fourth-order valence-corrected chi connectivity index (χ4v) is 4.98. The van der Waals surface area contributed by atoms with Crippen LogP contribution in [0.15, 0.2) is 48.5 Å². The van der Waals surface area contributed by atoms with E-state index in [0.29, 0.717) is 42.3 Å². The Labute approximate surface area is 211 Å². The van der Waals surface area contributed by atoms with Crippen molar-refractivity contribution in [1.82, 2.24) is 9.88 Å². The van der Waals surface area contributed by atoms with Crippen LogP contribution in [0.25, 0.3) is 22.6 Å². The second-order valence-electron chi connectivity index (χ2n) is 10.5. The van der Waals surface area contributed by atoms with Gasteiger partial charge >= 0.3 is 5.97 Å². The maximum atomic E-state index is 13.3. The number of carbonyl (C=O) groups excluding carboxylic acids is 3. The van der Waals surface area contributed by atoms with Gasteiger partial charge in [-0.2, -0.15) is 0 Å². The number of pyridine rings is 1. The molecule has 2 amide bonds. The van der Waals surface area contributed by atoms with Gasteiger partial charge in [-0.3, -0.25) is 14.5 Å². The topological polar surface area (TPSA) is 76.6 Å². The number of hydrogen-bond acceptors (Lipinski definition) is 5.